The van der Waals surface area contributed by atoms with Crippen molar-refractivity contribution >= 4 is 23.3 Å². The zero-order valence-electron chi connectivity index (χ0n) is 18.6. The van der Waals surface area contributed by atoms with Gasteiger partial charge in [-0.3, -0.25) is 9.78 Å². The lowest BCUT2D eigenvalue weighted by atomic mass is 10.1. The summed E-state index contributed by atoms with van der Waals surface area (Å²) in [7, 11) is 0. The molecule has 2 aromatic carbocycles. The standard InChI is InChI=1S/C28H25FN2O2S/c29-25-8-6-22(7-9-25)14-17-33-26-4-1-3-24(19-26)21-31(20-23-12-15-30-16-13-23)28(32)11-10-27-5-2-18-34-27/h1-13,15-16,18-19H,14,17,20-21H2. The van der Waals surface area contributed by atoms with E-state index in [2.05, 4.69) is 4.98 Å². The number of benzene rings is 2. The second-order valence-electron chi connectivity index (χ2n) is 7.77. The Morgan fingerprint density at radius 1 is 0.941 bits per heavy atom. The van der Waals surface area contributed by atoms with E-state index in [4.69, 9.17) is 4.74 Å². The molecule has 0 spiro atoms. The van der Waals surface area contributed by atoms with Crippen LogP contribution in [0.5, 0.6) is 5.75 Å². The van der Waals surface area contributed by atoms with Crippen LogP contribution in [0.15, 0.2) is 96.6 Å². The first kappa shape index (κ1) is 23.4. The summed E-state index contributed by atoms with van der Waals surface area (Å²) >= 11 is 1.59. The normalized spacial score (nSPS) is 11.0. The fraction of sp³-hybridized carbons (Fsp3) is 0.143. The van der Waals surface area contributed by atoms with Gasteiger partial charge in [-0.1, -0.05) is 30.3 Å². The highest BCUT2D eigenvalue weighted by molar-refractivity contribution is 7.10. The number of carbonyl (C=O) groups is 1. The molecule has 4 aromatic rings. The lowest BCUT2D eigenvalue weighted by Crippen LogP contribution is -2.28. The average molecular weight is 473 g/mol. The number of thiophene rings is 1. The Morgan fingerprint density at radius 3 is 2.50 bits per heavy atom. The van der Waals surface area contributed by atoms with Crippen molar-refractivity contribution in [3.05, 3.63) is 124 Å². The molecule has 6 heteroatoms. The van der Waals surface area contributed by atoms with Crippen molar-refractivity contribution in [1.82, 2.24) is 9.88 Å². The van der Waals surface area contributed by atoms with Crippen LogP contribution in [0.4, 0.5) is 4.39 Å². The minimum Gasteiger partial charge on any atom is -0.493 e. The van der Waals surface area contributed by atoms with Crippen LogP contribution >= 0.6 is 11.3 Å². The van der Waals surface area contributed by atoms with Crippen LogP contribution in [0.25, 0.3) is 6.08 Å². The van der Waals surface area contributed by atoms with Crippen LogP contribution in [-0.2, 0) is 24.3 Å². The Balaban J connectivity index is 1.42. The maximum Gasteiger partial charge on any atom is 0.247 e. The lowest BCUT2D eigenvalue weighted by molar-refractivity contribution is -0.127. The van der Waals surface area contributed by atoms with Crippen LogP contribution in [0.1, 0.15) is 21.6 Å². The molecule has 4 nitrogen and oxygen atoms in total. The van der Waals surface area contributed by atoms with E-state index >= 15 is 0 Å². The Bertz CT molecular complexity index is 1210. The summed E-state index contributed by atoms with van der Waals surface area (Å²) in [5.74, 6) is 0.436. The van der Waals surface area contributed by atoms with Gasteiger partial charge in [0.25, 0.3) is 0 Å². The summed E-state index contributed by atoms with van der Waals surface area (Å²) in [4.78, 5) is 20.0. The quantitative estimate of drug-likeness (QED) is 0.260. The number of ether oxygens (including phenoxy) is 1. The Kier molecular flexibility index (Phi) is 8.19. The van der Waals surface area contributed by atoms with Gasteiger partial charge in [-0.25, -0.2) is 4.39 Å². The molecule has 0 aliphatic carbocycles. The van der Waals surface area contributed by atoms with E-state index in [9.17, 15) is 9.18 Å². The largest absolute Gasteiger partial charge is 0.493 e. The number of halogens is 1. The van der Waals surface area contributed by atoms with E-state index in [1.165, 1.54) is 12.1 Å². The van der Waals surface area contributed by atoms with E-state index in [0.29, 0.717) is 26.1 Å². The summed E-state index contributed by atoms with van der Waals surface area (Å²) in [6, 6.07) is 22.0. The summed E-state index contributed by atoms with van der Waals surface area (Å²) < 4.78 is 19.0. The average Bonchev–Trinajstić information content (AvgIpc) is 3.38. The minimum absolute atomic E-state index is 0.0622. The molecular weight excluding hydrogens is 447 g/mol. The summed E-state index contributed by atoms with van der Waals surface area (Å²) in [6.07, 6.45) is 7.62. The molecular formula is C28H25FN2O2S. The molecule has 1 amide bonds. The molecule has 0 saturated heterocycles. The molecule has 172 valence electrons. The van der Waals surface area contributed by atoms with Crippen molar-refractivity contribution in [2.24, 2.45) is 0 Å². The van der Waals surface area contributed by atoms with Gasteiger partial charge in [0.2, 0.25) is 5.91 Å². The van der Waals surface area contributed by atoms with E-state index < -0.39 is 0 Å². The van der Waals surface area contributed by atoms with Crippen LogP contribution < -0.4 is 4.74 Å². The number of pyridine rings is 1. The third-order valence-corrected chi connectivity index (χ3v) is 6.05. The second kappa shape index (κ2) is 11.9. The summed E-state index contributed by atoms with van der Waals surface area (Å²) in [6.45, 7) is 1.41. The molecule has 4 rings (SSSR count). The highest BCUT2D eigenvalue weighted by Gasteiger charge is 2.13. The molecule has 0 aliphatic heterocycles. The smallest absolute Gasteiger partial charge is 0.247 e. The maximum atomic E-state index is 13.1. The van der Waals surface area contributed by atoms with Crippen LogP contribution in [0, 0.1) is 5.82 Å². The zero-order valence-corrected chi connectivity index (χ0v) is 19.5. The van der Waals surface area contributed by atoms with Crippen molar-refractivity contribution in [2.45, 2.75) is 19.5 Å². The fourth-order valence-corrected chi connectivity index (χ4v) is 4.08. The van der Waals surface area contributed by atoms with Gasteiger partial charge < -0.3 is 9.64 Å². The molecule has 2 heterocycles. The van der Waals surface area contributed by atoms with Crippen molar-refractivity contribution in [1.29, 1.82) is 0 Å². The lowest BCUT2D eigenvalue weighted by Gasteiger charge is -2.22. The first-order valence-corrected chi connectivity index (χ1v) is 11.9. The first-order chi connectivity index (χ1) is 16.7. The van der Waals surface area contributed by atoms with Crippen molar-refractivity contribution in [2.75, 3.05) is 6.61 Å². The monoisotopic (exact) mass is 472 g/mol. The van der Waals surface area contributed by atoms with E-state index in [1.807, 2.05) is 60.0 Å². The summed E-state index contributed by atoms with van der Waals surface area (Å²) in [5, 5.41) is 1.99. The molecule has 34 heavy (non-hydrogen) atoms. The van der Waals surface area contributed by atoms with Crippen LogP contribution in [0.3, 0.4) is 0 Å². The zero-order chi connectivity index (χ0) is 23.6. The topological polar surface area (TPSA) is 42.4 Å². The third kappa shape index (κ3) is 7.12. The Morgan fingerprint density at radius 2 is 1.74 bits per heavy atom. The minimum atomic E-state index is -0.242. The predicted molar refractivity (Wildman–Crippen MR) is 134 cm³/mol. The number of amides is 1. The molecule has 0 atom stereocenters. The van der Waals surface area contributed by atoms with Gasteiger partial charge in [0, 0.05) is 42.9 Å². The van der Waals surface area contributed by atoms with Crippen molar-refractivity contribution < 1.29 is 13.9 Å². The van der Waals surface area contributed by atoms with Gasteiger partial charge in [0.15, 0.2) is 0 Å². The molecule has 0 bridgehead atoms. The van der Waals surface area contributed by atoms with Crippen LogP contribution in [0.2, 0.25) is 0 Å². The second-order valence-corrected chi connectivity index (χ2v) is 8.75. The molecule has 2 aromatic heterocycles. The van der Waals surface area contributed by atoms with Gasteiger partial charge >= 0.3 is 0 Å². The molecule has 0 N–H and O–H groups in total. The van der Waals surface area contributed by atoms with E-state index in [0.717, 1.165) is 27.3 Å². The third-order valence-electron chi connectivity index (χ3n) is 5.21. The van der Waals surface area contributed by atoms with Gasteiger partial charge in [0.05, 0.1) is 6.61 Å². The number of hydrogen-bond donors (Lipinski definition) is 0. The van der Waals surface area contributed by atoms with Crippen molar-refractivity contribution in [3.63, 3.8) is 0 Å². The van der Waals surface area contributed by atoms with Gasteiger partial charge in [-0.2, -0.15) is 0 Å². The number of nitrogens with zero attached hydrogens (tertiary/aromatic N) is 2. The maximum absolute atomic E-state index is 13.1. The van der Waals surface area contributed by atoms with Crippen LogP contribution in [-0.4, -0.2) is 22.4 Å². The summed E-state index contributed by atoms with van der Waals surface area (Å²) in [5.41, 5.74) is 3.01. The van der Waals surface area contributed by atoms with E-state index in [-0.39, 0.29) is 11.7 Å². The van der Waals surface area contributed by atoms with E-state index in [1.54, 1.807) is 46.8 Å². The molecule has 0 radical (unpaired) electrons. The van der Waals surface area contributed by atoms with Gasteiger partial charge in [0.1, 0.15) is 11.6 Å². The van der Waals surface area contributed by atoms with Crippen molar-refractivity contribution in [3.8, 4) is 5.75 Å². The number of rotatable bonds is 10. The molecule has 0 fully saturated rings. The predicted octanol–water partition coefficient (Wildman–Crippen LogP) is 6.15. The Hall–Kier alpha value is -3.77. The SMILES string of the molecule is O=C(C=Cc1cccs1)N(Cc1ccncc1)Cc1cccc(OCCc2ccc(F)cc2)c1. The number of hydrogen-bond acceptors (Lipinski definition) is 4. The fourth-order valence-electron chi connectivity index (χ4n) is 3.46. The highest BCUT2D eigenvalue weighted by Crippen LogP contribution is 2.18. The number of carbonyl (C=O) groups excluding carboxylic acids is 1. The molecule has 0 unspecified atom stereocenters. The number of aromatic nitrogens is 1. The molecule has 0 aliphatic rings. The van der Waals surface area contributed by atoms with Gasteiger partial charge in [-0.05, 0) is 70.6 Å². The van der Waals surface area contributed by atoms with Gasteiger partial charge in [-0.15, -0.1) is 11.3 Å². The highest BCUT2D eigenvalue weighted by atomic mass is 32.1. The first-order valence-electron chi connectivity index (χ1n) is 11.0. The molecule has 0 saturated carbocycles. The Labute approximate surface area is 203 Å².